The Hall–Kier alpha value is -1.09. The van der Waals surface area contributed by atoms with Crippen molar-refractivity contribution in [1.29, 1.82) is 0 Å². The molecule has 1 rings (SSSR count). The second-order valence-corrected chi connectivity index (χ2v) is 3.86. The van der Waals surface area contributed by atoms with Crippen LogP contribution in [-0.2, 0) is 0 Å². The Morgan fingerprint density at radius 3 is 2.43 bits per heavy atom. The molecule has 0 unspecified atom stereocenters. The van der Waals surface area contributed by atoms with E-state index < -0.39 is 0 Å². The molecular weight excluding hydrogens is 174 g/mol. The molecule has 3 nitrogen and oxygen atoms in total. The Labute approximate surface area is 86.4 Å². The van der Waals surface area contributed by atoms with Gasteiger partial charge in [0.15, 0.2) is 0 Å². The number of nitrogens with zero attached hydrogens (tertiary/aromatic N) is 3. The van der Waals surface area contributed by atoms with Gasteiger partial charge in [0, 0.05) is 25.8 Å². The summed E-state index contributed by atoms with van der Waals surface area (Å²) in [5, 5.41) is 0. The van der Waals surface area contributed by atoms with Crippen LogP contribution in [0.25, 0.3) is 0 Å². The summed E-state index contributed by atoms with van der Waals surface area (Å²) < 4.78 is 0. The summed E-state index contributed by atoms with van der Waals surface area (Å²) >= 11 is 0. The average Bonchev–Trinajstić information content (AvgIpc) is 2.14. The molecule has 0 aliphatic carbocycles. The number of hydrogen-bond acceptors (Lipinski definition) is 3. The lowest BCUT2D eigenvalue weighted by Crippen LogP contribution is -2.29. The fraction of sp³-hybridized carbons (Fsp3) is 0.545. The van der Waals surface area contributed by atoms with Gasteiger partial charge < -0.3 is 9.80 Å². The van der Waals surface area contributed by atoms with Crippen LogP contribution in [0.15, 0.2) is 18.2 Å². The summed E-state index contributed by atoms with van der Waals surface area (Å²) in [5.74, 6) is 1.05. The lowest BCUT2D eigenvalue weighted by atomic mass is 10.3. The second kappa shape index (κ2) is 4.96. The van der Waals surface area contributed by atoms with E-state index in [1.54, 1.807) is 0 Å². The van der Waals surface area contributed by atoms with E-state index in [9.17, 15) is 0 Å². The molecule has 0 bridgehead atoms. The van der Waals surface area contributed by atoms with Crippen molar-refractivity contribution >= 4 is 5.82 Å². The first-order chi connectivity index (χ1) is 6.59. The summed E-state index contributed by atoms with van der Waals surface area (Å²) in [4.78, 5) is 8.80. The third-order valence-corrected chi connectivity index (χ3v) is 2.15. The summed E-state index contributed by atoms with van der Waals surface area (Å²) in [5.41, 5.74) is 1.07. The second-order valence-electron chi connectivity index (χ2n) is 3.86. The standard InChI is InChI=1S/C11H19N3/c1-10-6-5-7-11(12-10)14(4)9-8-13(2)3/h5-7H,8-9H2,1-4H3. The molecule has 1 aromatic heterocycles. The van der Waals surface area contributed by atoms with Gasteiger partial charge in [0.1, 0.15) is 5.82 Å². The number of aryl methyl sites for hydroxylation is 1. The van der Waals surface area contributed by atoms with Crippen LogP contribution in [0.4, 0.5) is 5.82 Å². The number of pyridine rings is 1. The number of hydrogen-bond donors (Lipinski definition) is 0. The number of likely N-dealkylation sites (N-methyl/N-ethyl adjacent to an activating group) is 2. The maximum Gasteiger partial charge on any atom is 0.128 e. The van der Waals surface area contributed by atoms with Gasteiger partial charge >= 0.3 is 0 Å². The van der Waals surface area contributed by atoms with Crippen LogP contribution in [-0.4, -0.2) is 44.1 Å². The van der Waals surface area contributed by atoms with Crippen LogP contribution in [0, 0.1) is 6.92 Å². The molecule has 78 valence electrons. The summed E-state index contributed by atoms with van der Waals surface area (Å²) in [6, 6.07) is 6.11. The van der Waals surface area contributed by atoms with Crippen LogP contribution < -0.4 is 4.90 Å². The lowest BCUT2D eigenvalue weighted by molar-refractivity contribution is 0.416. The third-order valence-electron chi connectivity index (χ3n) is 2.15. The number of rotatable bonds is 4. The molecule has 0 spiro atoms. The van der Waals surface area contributed by atoms with Gasteiger partial charge in [-0.1, -0.05) is 6.07 Å². The molecule has 0 aromatic carbocycles. The maximum absolute atomic E-state index is 4.46. The highest BCUT2D eigenvalue weighted by Crippen LogP contribution is 2.08. The van der Waals surface area contributed by atoms with E-state index in [-0.39, 0.29) is 0 Å². The van der Waals surface area contributed by atoms with Crippen molar-refractivity contribution in [2.75, 3.05) is 39.1 Å². The van der Waals surface area contributed by atoms with Crippen molar-refractivity contribution < 1.29 is 0 Å². The van der Waals surface area contributed by atoms with Gasteiger partial charge in [-0.05, 0) is 33.2 Å². The lowest BCUT2D eigenvalue weighted by Gasteiger charge is -2.20. The topological polar surface area (TPSA) is 19.4 Å². The van der Waals surface area contributed by atoms with E-state index in [0.29, 0.717) is 0 Å². The van der Waals surface area contributed by atoms with E-state index >= 15 is 0 Å². The summed E-state index contributed by atoms with van der Waals surface area (Å²) in [6.45, 7) is 4.07. The summed E-state index contributed by atoms with van der Waals surface area (Å²) in [6.07, 6.45) is 0. The fourth-order valence-electron chi connectivity index (χ4n) is 1.21. The van der Waals surface area contributed by atoms with Gasteiger partial charge in [0.25, 0.3) is 0 Å². The molecule has 0 aliphatic rings. The van der Waals surface area contributed by atoms with Crippen LogP contribution in [0.1, 0.15) is 5.69 Å². The summed E-state index contributed by atoms with van der Waals surface area (Å²) in [7, 11) is 6.24. The van der Waals surface area contributed by atoms with Crippen LogP contribution in [0.3, 0.4) is 0 Å². The number of aromatic nitrogens is 1. The van der Waals surface area contributed by atoms with Crippen molar-refractivity contribution in [3.05, 3.63) is 23.9 Å². The van der Waals surface area contributed by atoms with Crippen molar-refractivity contribution in [1.82, 2.24) is 9.88 Å². The number of anilines is 1. The van der Waals surface area contributed by atoms with Crippen LogP contribution in [0.5, 0.6) is 0 Å². The Morgan fingerprint density at radius 2 is 1.86 bits per heavy atom. The van der Waals surface area contributed by atoms with Crippen molar-refractivity contribution in [3.8, 4) is 0 Å². The zero-order chi connectivity index (χ0) is 10.6. The maximum atomic E-state index is 4.46. The smallest absolute Gasteiger partial charge is 0.128 e. The van der Waals surface area contributed by atoms with E-state index in [2.05, 4.69) is 35.9 Å². The third kappa shape index (κ3) is 3.34. The molecule has 1 aromatic rings. The Bertz CT molecular complexity index is 284. The quantitative estimate of drug-likeness (QED) is 0.720. The molecule has 3 heteroatoms. The largest absolute Gasteiger partial charge is 0.358 e. The SMILES string of the molecule is Cc1cccc(N(C)CCN(C)C)n1. The zero-order valence-corrected chi connectivity index (χ0v) is 9.49. The zero-order valence-electron chi connectivity index (χ0n) is 9.49. The van der Waals surface area contributed by atoms with Gasteiger partial charge in [0.05, 0.1) is 0 Å². The fourth-order valence-corrected chi connectivity index (χ4v) is 1.21. The minimum absolute atomic E-state index is 1.00. The van der Waals surface area contributed by atoms with Crippen LogP contribution >= 0.6 is 0 Å². The Morgan fingerprint density at radius 1 is 1.14 bits per heavy atom. The predicted octanol–water partition coefficient (Wildman–Crippen LogP) is 1.39. The predicted molar refractivity (Wildman–Crippen MR) is 60.8 cm³/mol. The normalized spacial score (nSPS) is 10.6. The molecule has 0 fully saturated rings. The van der Waals surface area contributed by atoms with E-state index in [1.807, 2.05) is 25.1 Å². The van der Waals surface area contributed by atoms with Crippen molar-refractivity contribution in [2.45, 2.75) is 6.92 Å². The molecule has 1 heterocycles. The molecule has 0 amide bonds. The first kappa shape index (κ1) is 11.0. The van der Waals surface area contributed by atoms with E-state index in [0.717, 1.165) is 24.6 Å². The van der Waals surface area contributed by atoms with Gasteiger partial charge in [-0.15, -0.1) is 0 Å². The highest BCUT2D eigenvalue weighted by molar-refractivity contribution is 5.37. The van der Waals surface area contributed by atoms with Crippen molar-refractivity contribution in [3.63, 3.8) is 0 Å². The van der Waals surface area contributed by atoms with E-state index in [4.69, 9.17) is 0 Å². The molecule has 0 radical (unpaired) electrons. The molecule has 0 saturated heterocycles. The monoisotopic (exact) mass is 193 g/mol. The highest BCUT2D eigenvalue weighted by Gasteiger charge is 2.01. The molecule has 0 aliphatic heterocycles. The van der Waals surface area contributed by atoms with Gasteiger partial charge in [-0.2, -0.15) is 0 Å². The Balaban J connectivity index is 2.56. The van der Waals surface area contributed by atoms with Crippen LogP contribution in [0.2, 0.25) is 0 Å². The first-order valence-electron chi connectivity index (χ1n) is 4.89. The average molecular weight is 193 g/mol. The minimum Gasteiger partial charge on any atom is -0.358 e. The highest BCUT2D eigenvalue weighted by atomic mass is 15.2. The molecule has 0 N–H and O–H groups in total. The molecule has 0 atom stereocenters. The van der Waals surface area contributed by atoms with Crippen molar-refractivity contribution in [2.24, 2.45) is 0 Å². The van der Waals surface area contributed by atoms with E-state index in [1.165, 1.54) is 0 Å². The molecule has 14 heavy (non-hydrogen) atoms. The van der Waals surface area contributed by atoms with Gasteiger partial charge in [0.2, 0.25) is 0 Å². The van der Waals surface area contributed by atoms with Gasteiger partial charge in [-0.25, -0.2) is 4.98 Å². The molecule has 0 saturated carbocycles. The molecular formula is C11H19N3. The first-order valence-corrected chi connectivity index (χ1v) is 4.89. The Kier molecular flexibility index (Phi) is 3.89. The van der Waals surface area contributed by atoms with Gasteiger partial charge in [-0.3, -0.25) is 0 Å². The minimum atomic E-state index is 1.00.